The van der Waals surface area contributed by atoms with Gasteiger partial charge in [0.2, 0.25) is 5.91 Å². The van der Waals surface area contributed by atoms with Crippen LogP contribution in [0.1, 0.15) is 265 Å². The van der Waals surface area contributed by atoms with E-state index < -0.39 is 18.2 Å². The molecular weight excluding hydrogens is 755 g/mol. The van der Waals surface area contributed by atoms with E-state index in [1.807, 2.05) is 0 Å². The Hall–Kier alpha value is -2.18. The molecule has 3 atom stereocenters. The Bertz CT molecular complexity index is 1050. The summed E-state index contributed by atoms with van der Waals surface area (Å²) in [7, 11) is 0. The number of hydrogen-bond acceptors (Lipinski definition) is 5. The lowest BCUT2D eigenvalue weighted by atomic mass is 10.0. The summed E-state index contributed by atoms with van der Waals surface area (Å²) < 4.78 is 5.93. The van der Waals surface area contributed by atoms with Crippen LogP contribution in [0.4, 0.5) is 0 Å². The number of carbonyl (C=O) groups is 2. The molecule has 61 heavy (non-hydrogen) atoms. The molecule has 6 nitrogen and oxygen atoms in total. The van der Waals surface area contributed by atoms with Crippen molar-refractivity contribution in [3.05, 3.63) is 48.6 Å². The molecule has 0 heterocycles. The van der Waals surface area contributed by atoms with Crippen LogP contribution in [-0.2, 0) is 14.3 Å². The van der Waals surface area contributed by atoms with Gasteiger partial charge in [-0.25, -0.2) is 0 Å². The van der Waals surface area contributed by atoms with E-state index in [-0.39, 0.29) is 24.9 Å². The largest absolute Gasteiger partial charge is 0.462 e. The Labute approximate surface area is 378 Å². The van der Waals surface area contributed by atoms with Gasteiger partial charge in [-0.2, -0.15) is 0 Å². The van der Waals surface area contributed by atoms with Crippen molar-refractivity contribution in [3.63, 3.8) is 0 Å². The summed E-state index contributed by atoms with van der Waals surface area (Å²) in [5.41, 5.74) is 0. The van der Waals surface area contributed by atoms with Gasteiger partial charge in [0.25, 0.3) is 0 Å². The number of unbranched alkanes of at least 4 members (excludes halogenated alkanes) is 29. The smallest absolute Gasteiger partial charge is 0.306 e. The van der Waals surface area contributed by atoms with Crippen LogP contribution in [0.3, 0.4) is 0 Å². The zero-order valence-electron chi connectivity index (χ0n) is 40.5. The standard InChI is InChI=1S/C55H101NO5/c1-4-7-10-13-16-19-22-24-26-28-29-32-34-37-40-43-46-51(61-55(60)48-45-42-39-36-33-30-27-25-23-20-17-14-11-8-5-2)49-54(59)56-52(50-57)53(58)47-44-41-38-35-31-21-18-15-12-9-6-3/h8,11,14,17,20,23,29,32,51-53,57-58H,4-7,9-10,12-13,15-16,18-19,21-22,24-28,30-31,33-50H2,1-3H3,(H,56,59)/b11-8+,17-14+,23-20+,32-29+. The fourth-order valence-corrected chi connectivity index (χ4v) is 7.96. The minimum Gasteiger partial charge on any atom is -0.462 e. The number of ether oxygens (including phenoxy) is 1. The lowest BCUT2D eigenvalue weighted by Gasteiger charge is -2.24. The lowest BCUT2D eigenvalue weighted by molar-refractivity contribution is -0.151. The van der Waals surface area contributed by atoms with Crippen LogP contribution < -0.4 is 5.32 Å². The fraction of sp³-hybridized carbons (Fsp3) is 0.818. The lowest BCUT2D eigenvalue weighted by Crippen LogP contribution is -2.46. The van der Waals surface area contributed by atoms with Crippen LogP contribution in [-0.4, -0.2) is 46.9 Å². The highest BCUT2D eigenvalue weighted by Crippen LogP contribution is 2.18. The normalized spacial score (nSPS) is 13.6. The van der Waals surface area contributed by atoms with Crippen molar-refractivity contribution in [2.75, 3.05) is 6.61 Å². The molecular formula is C55H101NO5. The number of aliphatic hydroxyl groups is 2. The molecule has 0 saturated carbocycles. The summed E-state index contributed by atoms with van der Waals surface area (Å²) in [6, 6.07) is -0.707. The van der Waals surface area contributed by atoms with Gasteiger partial charge in [0.1, 0.15) is 6.10 Å². The first-order chi connectivity index (χ1) is 30.0. The minimum atomic E-state index is -0.792. The first-order valence-electron chi connectivity index (χ1n) is 26.4. The average molecular weight is 856 g/mol. The van der Waals surface area contributed by atoms with E-state index in [1.165, 1.54) is 141 Å². The van der Waals surface area contributed by atoms with Crippen LogP contribution in [0.2, 0.25) is 0 Å². The third-order valence-electron chi connectivity index (χ3n) is 12.0. The Kier molecular flexibility index (Phi) is 47.1. The molecule has 1 amide bonds. The highest BCUT2D eigenvalue weighted by Gasteiger charge is 2.24. The van der Waals surface area contributed by atoms with E-state index in [0.717, 1.165) is 77.0 Å². The molecule has 356 valence electrons. The Morgan fingerprint density at radius 2 is 0.902 bits per heavy atom. The molecule has 0 aliphatic carbocycles. The molecule has 0 aromatic heterocycles. The van der Waals surface area contributed by atoms with Crippen molar-refractivity contribution in [3.8, 4) is 0 Å². The van der Waals surface area contributed by atoms with Crippen molar-refractivity contribution in [1.82, 2.24) is 5.32 Å². The molecule has 0 spiro atoms. The maximum atomic E-state index is 13.2. The Morgan fingerprint density at radius 3 is 1.39 bits per heavy atom. The number of carbonyl (C=O) groups excluding carboxylic acids is 2. The third kappa shape index (κ3) is 44.2. The quantitative estimate of drug-likeness (QED) is 0.0245. The third-order valence-corrected chi connectivity index (χ3v) is 12.0. The zero-order chi connectivity index (χ0) is 44.5. The molecule has 0 aromatic rings. The maximum absolute atomic E-state index is 13.2. The van der Waals surface area contributed by atoms with Gasteiger partial charge >= 0.3 is 5.97 Å². The molecule has 0 saturated heterocycles. The van der Waals surface area contributed by atoms with Gasteiger partial charge < -0.3 is 20.3 Å². The van der Waals surface area contributed by atoms with Crippen LogP contribution >= 0.6 is 0 Å². The fourth-order valence-electron chi connectivity index (χ4n) is 7.96. The molecule has 3 unspecified atom stereocenters. The molecule has 0 rings (SSSR count). The molecule has 0 aliphatic heterocycles. The van der Waals surface area contributed by atoms with E-state index in [1.54, 1.807) is 0 Å². The molecule has 0 aliphatic rings. The molecule has 0 bridgehead atoms. The SMILES string of the molecule is CC/C=C/C=C/C=C/CCCCCCCCCC(=O)OC(CCCCC/C=C/CCCCCCCCCCC)CC(=O)NC(CO)C(O)CCCCCCCCCCCCC. The van der Waals surface area contributed by atoms with E-state index in [0.29, 0.717) is 19.3 Å². The summed E-state index contributed by atoms with van der Waals surface area (Å²) in [5.74, 6) is -0.496. The zero-order valence-corrected chi connectivity index (χ0v) is 40.5. The first-order valence-corrected chi connectivity index (χ1v) is 26.4. The van der Waals surface area contributed by atoms with Gasteiger partial charge in [0.15, 0.2) is 0 Å². The summed E-state index contributed by atoms with van der Waals surface area (Å²) in [4.78, 5) is 26.2. The number of amides is 1. The average Bonchev–Trinajstić information content (AvgIpc) is 3.25. The number of allylic oxidation sites excluding steroid dienone is 8. The summed E-state index contributed by atoms with van der Waals surface area (Å²) in [6.07, 6.45) is 58.8. The van der Waals surface area contributed by atoms with E-state index in [4.69, 9.17) is 4.74 Å². The van der Waals surface area contributed by atoms with Gasteiger partial charge in [0.05, 0.1) is 25.2 Å². The molecule has 0 aromatic carbocycles. The van der Waals surface area contributed by atoms with E-state index >= 15 is 0 Å². The highest BCUT2D eigenvalue weighted by molar-refractivity contribution is 5.77. The second-order valence-corrected chi connectivity index (χ2v) is 18.0. The Morgan fingerprint density at radius 1 is 0.492 bits per heavy atom. The number of aliphatic hydroxyl groups excluding tert-OH is 2. The monoisotopic (exact) mass is 856 g/mol. The van der Waals surface area contributed by atoms with Gasteiger partial charge in [-0.15, -0.1) is 0 Å². The van der Waals surface area contributed by atoms with Crippen molar-refractivity contribution in [2.24, 2.45) is 0 Å². The number of esters is 1. The predicted molar refractivity (Wildman–Crippen MR) is 264 cm³/mol. The Balaban J connectivity index is 4.61. The molecule has 0 radical (unpaired) electrons. The van der Waals surface area contributed by atoms with E-state index in [2.05, 4.69) is 74.7 Å². The van der Waals surface area contributed by atoms with Crippen LogP contribution in [0.5, 0.6) is 0 Å². The van der Waals surface area contributed by atoms with Crippen molar-refractivity contribution >= 4 is 11.9 Å². The van der Waals surface area contributed by atoms with Gasteiger partial charge in [0, 0.05) is 6.42 Å². The summed E-state index contributed by atoms with van der Waals surface area (Å²) >= 11 is 0. The molecule has 3 N–H and O–H groups in total. The number of rotatable bonds is 47. The van der Waals surface area contributed by atoms with Gasteiger partial charge in [-0.1, -0.05) is 230 Å². The summed E-state index contributed by atoms with van der Waals surface area (Å²) in [6.45, 7) is 6.35. The molecule has 0 fully saturated rings. The second kappa shape index (κ2) is 48.8. The van der Waals surface area contributed by atoms with Crippen molar-refractivity contribution in [1.29, 1.82) is 0 Å². The van der Waals surface area contributed by atoms with Crippen LogP contribution in [0.25, 0.3) is 0 Å². The van der Waals surface area contributed by atoms with Crippen molar-refractivity contribution in [2.45, 2.75) is 283 Å². The first kappa shape index (κ1) is 58.8. The summed E-state index contributed by atoms with van der Waals surface area (Å²) in [5, 5.41) is 23.8. The van der Waals surface area contributed by atoms with Gasteiger partial charge in [-0.3, -0.25) is 9.59 Å². The number of hydrogen-bond donors (Lipinski definition) is 3. The van der Waals surface area contributed by atoms with Crippen molar-refractivity contribution < 1.29 is 24.5 Å². The topological polar surface area (TPSA) is 95.9 Å². The maximum Gasteiger partial charge on any atom is 0.306 e. The minimum absolute atomic E-state index is 0.0629. The van der Waals surface area contributed by atoms with Crippen LogP contribution in [0, 0.1) is 0 Å². The predicted octanol–water partition coefficient (Wildman–Crippen LogP) is 15.8. The van der Waals surface area contributed by atoms with Gasteiger partial charge in [-0.05, 0) is 70.6 Å². The second-order valence-electron chi connectivity index (χ2n) is 18.0. The van der Waals surface area contributed by atoms with Crippen LogP contribution in [0.15, 0.2) is 48.6 Å². The highest BCUT2D eigenvalue weighted by atomic mass is 16.5. The molecule has 6 heteroatoms. The van der Waals surface area contributed by atoms with E-state index in [9.17, 15) is 19.8 Å². The number of nitrogens with one attached hydrogen (secondary N) is 1.